The van der Waals surface area contributed by atoms with Crippen LogP contribution >= 0.6 is 10.6 Å². The Hall–Kier alpha value is -3.64. The molecule has 4 aliphatic carbocycles. The van der Waals surface area contributed by atoms with E-state index in [4.69, 9.17) is 9.47 Å². The number of hydrogen-bond donors (Lipinski definition) is 2. The normalized spacial score (nSPS) is 32.3. The predicted molar refractivity (Wildman–Crippen MR) is 273 cm³/mol. The van der Waals surface area contributed by atoms with E-state index < -0.39 is 17.9 Å². The van der Waals surface area contributed by atoms with E-state index in [1.807, 2.05) is 30.3 Å². The van der Waals surface area contributed by atoms with Crippen LogP contribution in [0.4, 0.5) is 19.0 Å². The third kappa shape index (κ3) is 8.52. The summed E-state index contributed by atoms with van der Waals surface area (Å²) < 4.78 is 59.9. The van der Waals surface area contributed by atoms with Gasteiger partial charge in [-0.3, -0.25) is 22.4 Å². The van der Waals surface area contributed by atoms with Gasteiger partial charge in [-0.2, -0.15) is 0 Å². The summed E-state index contributed by atoms with van der Waals surface area (Å²) in [6.45, 7) is 20.0. The maximum atomic E-state index is 12.6. The number of allylic oxidation sites excluding steroid dienone is 8. The molecule has 4 aliphatic heterocycles. The summed E-state index contributed by atoms with van der Waals surface area (Å²) >= 11 is 0. The molecule has 8 aliphatic rings. The summed E-state index contributed by atoms with van der Waals surface area (Å²) in [5.74, 6) is 3.02. The number of halogens is 3. The van der Waals surface area contributed by atoms with E-state index >= 15 is 0 Å². The van der Waals surface area contributed by atoms with Crippen molar-refractivity contribution in [1.29, 1.82) is 0 Å². The average molecular weight is 941 g/mol. The minimum Gasteiger partial charge on any atom is -0.489 e. The first-order valence-electron chi connectivity index (χ1n) is 25.6. The summed E-state index contributed by atoms with van der Waals surface area (Å²) in [5.41, 5.74) is 11.8. The molecule has 0 amide bonds. The van der Waals surface area contributed by atoms with Crippen molar-refractivity contribution in [2.75, 3.05) is 18.0 Å². The minimum absolute atomic E-state index is 0. The third-order valence-electron chi connectivity index (χ3n) is 16.9. The molecule has 10 rings (SSSR count). The predicted octanol–water partition coefficient (Wildman–Crippen LogP) is 15.1. The van der Waals surface area contributed by atoms with Gasteiger partial charge in [0.2, 0.25) is 0 Å². The molecule has 11 heteroatoms. The molecule has 0 bridgehead atoms. The van der Waals surface area contributed by atoms with Gasteiger partial charge in [0.1, 0.15) is 11.9 Å². The molecule has 0 saturated carbocycles. The van der Waals surface area contributed by atoms with E-state index in [-0.39, 0.29) is 28.1 Å². The van der Waals surface area contributed by atoms with E-state index in [1.54, 1.807) is 0 Å². The summed E-state index contributed by atoms with van der Waals surface area (Å²) in [6, 6.07) is 12.1. The first kappa shape index (κ1) is 49.8. The maximum absolute atomic E-state index is 12.6. The lowest BCUT2D eigenvalue weighted by Gasteiger charge is -2.48. The quantitative estimate of drug-likeness (QED) is 0.195. The standard InChI is InChI=1S/C54H70N2O4S.C2H5BF2.FH/c1-8-10-28-55-44(42-23-19-34(3)47-48(42)45(55)32-40-31-36(5)60-51(40)47)24-22-37-20-21-38(52(37)61(57,58)41-16-13-12-14-17-41)25-27-54(7)53(6)26-15-18-43-49(53)46(56(54)29-11-9-2)33-39-30-35(4)59-50(39)43;1-2-3(4)5;/h12-18,22-24,32-36,40,47-48,51,57-58H,8-11,19-21,25-31H2,1-7H3;2H2,1H3;1H/b37-22+,44-24+;;/t34?,35?,36?,40-,47?,48+,51?,53?,54?;;/m1../s1. The van der Waals surface area contributed by atoms with E-state index in [1.165, 1.54) is 51.8 Å². The van der Waals surface area contributed by atoms with Gasteiger partial charge >= 0.3 is 7.27 Å². The van der Waals surface area contributed by atoms with Crippen LogP contribution in [-0.4, -0.2) is 58.2 Å². The van der Waals surface area contributed by atoms with Gasteiger partial charge in [-0.15, -0.1) is 10.6 Å². The Labute approximate surface area is 401 Å². The number of ether oxygens (including phenoxy) is 2. The molecule has 364 valence electrons. The molecule has 0 radical (unpaired) electrons. The fourth-order valence-corrected chi connectivity index (χ4v) is 15.3. The highest BCUT2D eigenvalue weighted by atomic mass is 32.3. The first-order valence-corrected chi connectivity index (χ1v) is 27.1. The van der Waals surface area contributed by atoms with Gasteiger partial charge in [0, 0.05) is 76.4 Å². The zero-order chi connectivity index (χ0) is 46.7. The van der Waals surface area contributed by atoms with E-state index in [0.29, 0.717) is 40.8 Å². The van der Waals surface area contributed by atoms with Crippen molar-refractivity contribution in [2.45, 2.75) is 173 Å². The molecular weight excluding hydrogens is 864 g/mol. The highest BCUT2D eigenvalue weighted by molar-refractivity contribution is 8.27. The number of fused-ring (bicyclic) bond motifs is 4. The summed E-state index contributed by atoms with van der Waals surface area (Å²) in [5, 5.41) is 0. The molecule has 2 saturated heterocycles. The lowest BCUT2D eigenvalue weighted by molar-refractivity contribution is -0.0243. The molecule has 2 N–H and O–H groups in total. The Morgan fingerprint density at radius 2 is 1.70 bits per heavy atom. The largest absolute Gasteiger partial charge is 0.537 e. The van der Waals surface area contributed by atoms with E-state index in [0.717, 1.165) is 106 Å². The average Bonchev–Trinajstić information content (AvgIpc) is 4.10. The minimum atomic E-state index is -3.28. The van der Waals surface area contributed by atoms with Crippen molar-refractivity contribution in [3.63, 3.8) is 0 Å². The third-order valence-corrected chi connectivity index (χ3v) is 19.0. The van der Waals surface area contributed by atoms with Crippen molar-refractivity contribution in [1.82, 2.24) is 4.90 Å². The smallest absolute Gasteiger partial charge is 0.489 e. The summed E-state index contributed by atoms with van der Waals surface area (Å²) in [4.78, 5) is 6.82. The van der Waals surface area contributed by atoms with E-state index in [9.17, 15) is 17.7 Å². The van der Waals surface area contributed by atoms with Crippen molar-refractivity contribution >= 4 is 29.6 Å². The number of likely N-dealkylation sites (tertiary alicyclic amines) is 1. The van der Waals surface area contributed by atoms with Crippen LogP contribution in [0.3, 0.4) is 0 Å². The lowest BCUT2D eigenvalue weighted by Crippen LogP contribution is -2.55. The van der Waals surface area contributed by atoms with Crippen LogP contribution < -0.4 is 9.64 Å². The fourth-order valence-electron chi connectivity index (χ4n) is 13.4. The van der Waals surface area contributed by atoms with Crippen molar-refractivity contribution in [3.05, 3.63) is 116 Å². The number of anilines is 1. The first-order chi connectivity index (χ1) is 31.7. The Kier molecular flexibility index (Phi) is 14.6. The second kappa shape index (κ2) is 19.6. The molecule has 6 nitrogen and oxygen atoms in total. The molecule has 2 aromatic carbocycles. The van der Waals surface area contributed by atoms with Gasteiger partial charge in [-0.1, -0.05) is 96.0 Å². The van der Waals surface area contributed by atoms with Crippen molar-refractivity contribution in [3.8, 4) is 5.75 Å². The molecular formula is C56H76BF3N2O4S. The van der Waals surface area contributed by atoms with Gasteiger partial charge in [0.25, 0.3) is 0 Å². The fraction of sp³-hybridized carbons (Fsp3) is 0.571. The van der Waals surface area contributed by atoms with Crippen LogP contribution in [0.25, 0.3) is 6.08 Å². The molecule has 0 spiro atoms. The zero-order valence-electron chi connectivity index (χ0n) is 41.3. The number of benzene rings is 2. The van der Waals surface area contributed by atoms with Crippen LogP contribution in [0, 0.1) is 23.7 Å². The number of unbranched alkanes of at least 4 members (excludes halogenated alkanes) is 2. The van der Waals surface area contributed by atoms with Gasteiger partial charge < -0.3 is 19.3 Å². The molecule has 2 fully saturated rings. The van der Waals surface area contributed by atoms with Gasteiger partial charge in [0.15, 0.2) is 0 Å². The molecule has 2 aromatic rings. The van der Waals surface area contributed by atoms with Crippen LogP contribution in [0.2, 0.25) is 6.32 Å². The highest BCUT2D eigenvalue weighted by Crippen LogP contribution is 2.65. The zero-order valence-corrected chi connectivity index (χ0v) is 42.1. The Morgan fingerprint density at radius 3 is 2.42 bits per heavy atom. The lowest BCUT2D eigenvalue weighted by atomic mass is 9.62. The second-order valence-electron chi connectivity index (χ2n) is 21.2. The number of nitrogens with zero attached hydrogens (tertiary/aromatic N) is 2. The van der Waals surface area contributed by atoms with Gasteiger partial charge in [-0.25, -0.2) is 0 Å². The van der Waals surface area contributed by atoms with Crippen molar-refractivity contribution in [2.24, 2.45) is 23.7 Å². The van der Waals surface area contributed by atoms with Gasteiger partial charge in [0.05, 0.1) is 22.0 Å². The van der Waals surface area contributed by atoms with Crippen LogP contribution in [0.5, 0.6) is 5.75 Å². The molecule has 67 heavy (non-hydrogen) atoms. The number of rotatable bonds is 13. The topological polar surface area (TPSA) is 65.4 Å². The highest BCUT2D eigenvalue weighted by Gasteiger charge is 2.58. The summed E-state index contributed by atoms with van der Waals surface area (Å²) in [7, 11) is -5.39. The Balaban J connectivity index is 0.000000965. The van der Waals surface area contributed by atoms with Crippen LogP contribution in [0.15, 0.2) is 105 Å². The Bertz CT molecular complexity index is 2360. The van der Waals surface area contributed by atoms with E-state index in [2.05, 4.69) is 101 Å². The van der Waals surface area contributed by atoms with Crippen LogP contribution in [-0.2, 0) is 16.6 Å². The maximum Gasteiger partial charge on any atom is 0.537 e. The molecule has 0 aromatic heterocycles. The molecule has 7 unspecified atom stereocenters. The SMILES string of the molecule is CCB(F)F.CCCCN1C2=C[C@H]3CC(C)OC3C3C(C)CC=C(/C1=C\C=C1/CCC(CCC4(C)N(CCCC)c5cc6c(c7c5C4(C)CC=C7)OC(C)C6)=C1S(O)(O)c1ccccc1)[C@@H]23.F. The molecule has 9 atom stereocenters. The number of hydrogen-bond acceptors (Lipinski definition) is 6. The molecule has 4 heterocycles. The van der Waals surface area contributed by atoms with Crippen LogP contribution in [0.1, 0.15) is 143 Å². The second-order valence-corrected chi connectivity index (χ2v) is 23.2. The summed E-state index contributed by atoms with van der Waals surface area (Å²) in [6.07, 6.45) is 27.4. The Morgan fingerprint density at radius 1 is 0.970 bits per heavy atom. The van der Waals surface area contributed by atoms with Gasteiger partial charge in [-0.05, 0) is 137 Å². The van der Waals surface area contributed by atoms with Crippen molar-refractivity contribution < 1.29 is 31.9 Å². The monoisotopic (exact) mass is 941 g/mol.